The molecule has 0 unspecified atom stereocenters. The van der Waals surface area contributed by atoms with Crippen LogP contribution in [0, 0.1) is 13.8 Å². The number of ketones is 1. The summed E-state index contributed by atoms with van der Waals surface area (Å²) in [7, 11) is 0. The highest BCUT2D eigenvalue weighted by Gasteiger charge is 2.40. The predicted octanol–water partition coefficient (Wildman–Crippen LogP) is 2.58. The molecular formula is C17H20N2O4S. The molecule has 1 saturated carbocycles. The first-order valence-electron chi connectivity index (χ1n) is 7.94. The zero-order valence-corrected chi connectivity index (χ0v) is 14.6. The first kappa shape index (κ1) is 16.9. The summed E-state index contributed by atoms with van der Waals surface area (Å²) in [6, 6.07) is 1.77. The van der Waals surface area contributed by atoms with Gasteiger partial charge in [-0.05, 0) is 45.6 Å². The molecule has 0 aromatic carbocycles. The molecule has 2 heterocycles. The van der Waals surface area contributed by atoms with E-state index in [2.05, 4.69) is 4.98 Å². The second-order valence-electron chi connectivity index (χ2n) is 6.17. The van der Waals surface area contributed by atoms with Crippen LogP contribution in [0.3, 0.4) is 0 Å². The molecule has 1 fully saturated rings. The molecule has 24 heavy (non-hydrogen) atoms. The van der Waals surface area contributed by atoms with Gasteiger partial charge in [0, 0.05) is 28.5 Å². The number of rotatable bonds is 5. The summed E-state index contributed by atoms with van der Waals surface area (Å²) in [4.78, 5) is 28.7. The topological polar surface area (TPSA) is 81.4 Å². The lowest BCUT2D eigenvalue weighted by molar-refractivity contribution is -0.163. The van der Waals surface area contributed by atoms with Gasteiger partial charge in [-0.1, -0.05) is 0 Å². The first-order chi connectivity index (χ1) is 11.4. The van der Waals surface area contributed by atoms with Crippen molar-refractivity contribution in [3.8, 4) is 5.13 Å². The fourth-order valence-electron chi connectivity index (χ4n) is 3.17. The van der Waals surface area contributed by atoms with E-state index in [-0.39, 0.29) is 12.4 Å². The molecule has 0 atom stereocenters. The highest BCUT2D eigenvalue weighted by Crippen LogP contribution is 2.30. The minimum atomic E-state index is -1.42. The van der Waals surface area contributed by atoms with Crippen LogP contribution in [0.25, 0.3) is 5.13 Å². The van der Waals surface area contributed by atoms with Gasteiger partial charge in [-0.2, -0.15) is 0 Å². The number of hydrogen-bond acceptors (Lipinski definition) is 6. The van der Waals surface area contributed by atoms with E-state index in [0.717, 1.165) is 29.4 Å². The summed E-state index contributed by atoms with van der Waals surface area (Å²) in [5.74, 6) is -0.970. The molecule has 128 valence electrons. The molecule has 0 spiro atoms. The number of aromatic nitrogens is 2. The average molecular weight is 348 g/mol. The second kappa shape index (κ2) is 6.49. The molecule has 0 radical (unpaired) electrons. The lowest BCUT2D eigenvalue weighted by atomic mass is 10.0. The Labute approximate surface area is 144 Å². The number of aliphatic hydroxyl groups is 1. The highest BCUT2D eigenvalue weighted by molar-refractivity contribution is 7.12. The molecule has 0 amide bonds. The number of carbonyl (C=O) groups excluding carboxylic acids is 2. The van der Waals surface area contributed by atoms with E-state index in [1.54, 1.807) is 12.3 Å². The van der Waals surface area contributed by atoms with Gasteiger partial charge in [-0.25, -0.2) is 9.78 Å². The first-order valence-corrected chi connectivity index (χ1v) is 8.82. The van der Waals surface area contributed by atoms with Crippen molar-refractivity contribution < 1.29 is 19.4 Å². The summed E-state index contributed by atoms with van der Waals surface area (Å²) in [6.45, 7) is 3.38. The Morgan fingerprint density at radius 3 is 2.71 bits per heavy atom. The van der Waals surface area contributed by atoms with Crippen LogP contribution in [0.15, 0.2) is 17.6 Å². The Kier molecular flexibility index (Phi) is 4.56. The predicted molar refractivity (Wildman–Crippen MR) is 89.6 cm³/mol. The third-order valence-electron chi connectivity index (χ3n) is 4.49. The monoisotopic (exact) mass is 348 g/mol. The van der Waals surface area contributed by atoms with Crippen LogP contribution in [0.2, 0.25) is 0 Å². The zero-order chi connectivity index (χ0) is 17.3. The van der Waals surface area contributed by atoms with Crippen LogP contribution >= 0.6 is 11.3 Å². The zero-order valence-electron chi connectivity index (χ0n) is 13.7. The molecule has 1 aliphatic rings. The van der Waals surface area contributed by atoms with Gasteiger partial charge in [0.25, 0.3) is 0 Å². The number of nitrogens with zero attached hydrogens (tertiary/aromatic N) is 2. The van der Waals surface area contributed by atoms with Crippen molar-refractivity contribution in [1.82, 2.24) is 9.55 Å². The maximum atomic E-state index is 12.4. The minimum Gasteiger partial charge on any atom is -0.455 e. The number of thiazole rings is 1. The van der Waals surface area contributed by atoms with E-state index in [1.807, 2.05) is 23.8 Å². The summed E-state index contributed by atoms with van der Waals surface area (Å²) >= 11 is 1.49. The number of carbonyl (C=O) groups is 2. The van der Waals surface area contributed by atoms with Crippen LogP contribution in [0.1, 0.15) is 47.4 Å². The van der Waals surface area contributed by atoms with Crippen LogP contribution in [0.4, 0.5) is 0 Å². The summed E-state index contributed by atoms with van der Waals surface area (Å²) in [5, 5.41) is 12.8. The van der Waals surface area contributed by atoms with E-state index >= 15 is 0 Å². The second-order valence-corrected chi connectivity index (χ2v) is 7.05. The number of hydrogen-bond donors (Lipinski definition) is 1. The molecule has 0 saturated heterocycles. The summed E-state index contributed by atoms with van der Waals surface area (Å²) < 4.78 is 6.99. The van der Waals surface area contributed by atoms with Gasteiger partial charge in [-0.3, -0.25) is 9.36 Å². The van der Waals surface area contributed by atoms with E-state index in [1.165, 1.54) is 11.3 Å². The highest BCUT2D eigenvalue weighted by atomic mass is 32.1. The number of esters is 1. The van der Waals surface area contributed by atoms with Crippen molar-refractivity contribution in [3.05, 3.63) is 34.6 Å². The largest absolute Gasteiger partial charge is 0.455 e. The van der Waals surface area contributed by atoms with Gasteiger partial charge in [0.15, 0.2) is 17.3 Å². The van der Waals surface area contributed by atoms with E-state index in [4.69, 9.17) is 4.74 Å². The van der Waals surface area contributed by atoms with Crippen molar-refractivity contribution in [3.63, 3.8) is 0 Å². The van der Waals surface area contributed by atoms with E-state index < -0.39 is 11.6 Å². The van der Waals surface area contributed by atoms with Crippen molar-refractivity contribution in [2.24, 2.45) is 0 Å². The molecular weight excluding hydrogens is 328 g/mol. The van der Waals surface area contributed by atoms with Crippen LogP contribution < -0.4 is 0 Å². The Morgan fingerprint density at radius 2 is 2.08 bits per heavy atom. The van der Waals surface area contributed by atoms with E-state index in [0.29, 0.717) is 18.4 Å². The molecule has 0 aliphatic heterocycles. The Morgan fingerprint density at radius 1 is 1.38 bits per heavy atom. The van der Waals surface area contributed by atoms with Crippen molar-refractivity contribution in [2.45, 2.75) is 45.1 Å². The van der Waals surface area contributed by atoms with Gasteiger partial charge in [0.2, 0.25) is 5.78 Å². The fourth-order valence-corrected chi connectivity index (χ4v) is 3.92. The summed E-state index contributed by atoms with van der Waals surface area (Å²) in [5.41, 5.74) is 0.751. The lowest BCUT2D eigenvalue weighted by Gasteiger charge is -2.19. The molecule has 2 aromatic heterocycles. The Balaban J connectivity index is 1.72. The van der Waals surface area contributed by atoms with Gasteiger partial charge in [-0.15, -0.1) is 11.3 Å². The van der Waals surface area contributed by atoms with Crippen molar-refractivity contribution >= 4 is 23.1 Å². The standard InChI is InChI=1S/C17H20N2O4S/c1-11-9-13(12(2)19(11)16-18-7-8-24-16)14(20)10-23-15(21)17(22)5-3-4-6-17/h7-9,22H,3-6,10H2,1-2H3. The SMILES string of the molecule is Cc1cc(C(=O)COC(=O)C2(O)CCCC2)c(C)n1-c1nccs1. The molecule has 1 N–H and O–H groups in total. The molecule has 3 rings (SSSR count). The Bertz CT molecular complexity index is 758. The molecule has 2 aromatic rings. The molecule has 1 aliphatic carbocycles. The van der Waals surface area contributed by atoms with Crippen molar-refractivity contribution in [1.29, 1.82) is 0 Å². The third-order valence-corrected chi connectivity index (χ3v) is 5.24. The molecule has 6 nitrogen and oxygen atoms in total. The van der Waals surface area contributed by atoms with Crippen LogP contribution in [-0.2, 0) is 9.53 Å². The van der Waals surface area contributed by atoms with Gasteiger partial charge in [0.05, 0.1) is 0 Å². The normalized spacial score (nSPS) is 16.3. The molecule has 7 heteroatoms. The van der Waals surface area contributed by atoms with E-state index in [9.17, 15) is 14.7 Å². The minimum absolute atomic E-state index is 0.277. The lowest BCUT2D eigenvalue weighted by Crippen LogP contribution is -2.38. The number of ether oxygens (including phenoxy) is 1. The fraction of sp³-hybridized carbons (Fsp3) is 0.471. The number of aryl methyl sites for hydroxylation is 1. The average Bonchev–Trinajstić information content (AvgIpc) is 3.26. The van der Waals surface area contributed by atoms with Crippen molar-refractivity contribution in [2.75, 3.05) is 6.61 Å². The van der Waals surface area contributed by atoms with Gasteiger partial charge >= 0.3 is 5.97 Å². The quantitative estimate of drug-likeness (QED) is 0.663. The van der Waals surface area contributed by atoms with Crippen LogP contribution in [-0.4, -0.2) is 38.6 Å². The molecule has 0 bridgehead atoms. The third kappa shape index (κ3) is 3.01. The maximum absolute atomic E-state index is 12.4. The summed E-state index contributed by atoms with van der Waals surface area (Å²) in [6.07, 6.45) is 4.12. The van der Waals surface area contributed by atoms with Gasteiger partial charge in [0.1, 0.15) is 0 Å². The van der Waals surface area contributed by atoms with Crippen LogP contribution in [0.5, 0.6) is 0 Å². The number of Topliss-reactive ketones (excluding diaryl/α,β-unsaturated/α-hetero) is 1. The Hall–Kier alpha value is -1.99. The maximum Gasteiger partial charge on any atom is 0.338 e. The smallest absolute Gasteiger partial charge is 0.338 e. The van der Waals surface area contributed by atoms with Gasteiger partial charge < -0.3 is 9.84 Å².